The zero-order valence-electron chi connectivity index (χ0n) is 8.77. The van der Waals surface area contributed by atoms with Crippen molar-refractivity contribution in [2.24, 2.45) is 0 Å². The highest BCUT2D eigenvalue weighted by atomic mass is 16.2. The van der Waals surface area contributed by atoms with Crippen molar-refractivity contribution in [2.45, 2.75) is 19.3 Å². The molecule has 0 aliphatic heterocycles. The SMILES string of the molecule is N#CCC(=O)NC(=O)CCc1ccccc1. The van der Waals surface area contributed by atoms with Gasteiger partial charge in [-0.05, 0) is 12.0 Å². The predicted molar refractivity (Wildman–Crippen MR) is 58.1 cm³/mol. The van der Waals surface area contributed by atoms with Gasteiger partial charge in [-0.25, -0.2) is 0 Å². The zero-order valence-corrected chi connectivity index (χ0v) is 8.77. The van der Waals surface area contributed by atoms with Crippen LogP contribution in [0.4, 0.5) is 0 Å². The second-order valence-electron chi connectivity index (χ2n) is 3.29. The Morgan fingerprint density at radius 1 is 1.19 bits per heavy atom. The normalized spacial score (nSPS) is 9.19. The summed E-state index contributed by atoms with van der Waals surface area (Å²) in [6, 6.07) is 11.2. The smallest absolute Gasteiger partial charge is 0.240 e. The number of nitrogens with zero attached hydrogens (tertiary/aromatic N) is 1. The van der Waals surface area contributed by atoms with E-state index in [-0.39, 0.29) is 18.7 Å². The van der Waals surface area contributed by atoms with Gasteiger partial charge in [0.25, 0.3) is 0 Å². The van der Waals surface area contributed by atoms with Crippen LogP contribution in [0.1, 0.15) is 18.4 Å². The fourth-order valence-electron chi connectivity index (χ4n) is 1.24. The van der Waals surface area contributed by atoms with E-state index in [4.69, 9.17) is 5.26 Å². The van der Waals surface area contributed by atoms with Gasteiger partial charge in [-0.15, -0.1) is 0 Å². The summed E-state index contributed by atoms with van der Waals surface area (Å²) in [6.07, 6.45) is 0.560. The van der Waals surface area contributed by atoms with E-state index in [1.54, 1.807) is 6.07 Å². The number of aryl methyl sites for hydroxylation is 1. The summed E-state index contributed by atoms with van der Waals surface area (Å²) in [7, 11) is 0. The van der Waals surface area contributed by atoms with Gasteiger partial charge < -0.3 is 0 Å². The van der Waals surface area contributed by atoms with E-state index in [2.05, 4.69) is 5.32 Å². The fraction of sp³-hybridized carbons (Fsp3) is 0.250. The Balaban J connectivity index is 2.31. The first-order valence-electron chi connectivity index (χ1n) is 4.96. The lowest BCUT2D eigenvalue weighted by Gasteiger charge is -2.01. The van der Waals surface area contributed by atoms with E-state index in [0.29, 0.717) is 6.42 Å². The summed E-state index contributed by atoms with van der Waals surface area (Å²) >= 11 is 0. The van der Waals surface area contributed by atoms with Crippen LogP contribution >= 0.6 is 0 Å². The molecule has 0 fully saturated rings. The number of carbonyl (C=O) groups is 2. The third kappa shape index (κ3) is 4.38. The molecule has 0 aromatic heterocycles. The topological polar surface area (TPSA) is 70.0 Å². The van der Waals surface area contributed by atoms with Crippen LogP contribution in [0, 0.1) is 11.3 Å². The lowest BCUT2D eigenvalue weighted by Crippen LogP contribution is -2.29. The Morgan fingerprint density at radius 3 is 2.50 bits per heavy atom. The molecular formula is C12H12N2O2. The first-order chi connectivity index (χ1) is 7.72. The number of benzene rings is 1. The van der Waals surface area contributed by atoms with Gasteiger partial charge >= 0.3 is 0 Å². The molecule has 0 radical (unpaired) electrons. The largest absolute Gasteiger partial charge is 0.296 e. The maximum absolute atomic E-state index is 11.3. The first-order valence-corrected chi connectivity index (χ1v) is 4.96. The summed E-state index contributed by atoms with van der Waals surface area (Å²) in [5.74, 6) is -0.885. The van der Waals surface area contributed by atoms with Crippen LogP contribution in [0.15, 0.2) is 30.3 Å². The third-order valence-electron chi connectivity index (χ3n) is 2.00. The minimum Gasteiger partial charge on any atom is -0.296 e. The van der Waals surface area contributed by atoms with Gasteiger partial charge in [0.15, 0.2) is 0 Å². The third-order valence-corrected chi connectivity index (χ3v) is 2.00. The van der Waals surface area contributed by atoms with Gasteiger partial charge in [0, 0.05) is 6.42 Å². The van der Waals surface area contributed by atoms with E-state index in [1.165, 1.54) is 0 Å². The highest BCUT2D eigenvalue weighted by Crippen LogP contribution is 2.01. The van der Waals surface area contributed by atoms with Gasteiger partial charge in [-0.2, -0.15) is 5.26 Å². The zero-order chi connectivity index (χ0) is 11.8. The van der Waals surface area contributed by atoms with Gasteiger partial charge in [0.1, 0.15) is 6.42 Å². The number of imide groups is 1. The van der Waals surface area contributed by atoms with Crippen molar-refractivity contribution in [2.75, 3.05) is 0 Å². The second-order valence-corrected chi connectivity index (χ2v) is 3.29. The van der Waals surface area contributed by atoms with Crippen LogP contribution in [-0.4, -0.2) is 11.8 Å². The Kier molecular flexibility index (Phi) is 4.74. The first kappa shape index (κ1) is 11.9. The van der Waals surface area contributed by atoms with E-state index in [9.17, 15) is 9.59 Å². The van der Waals surface area contributed by atoms with Crippen LogP contribution in [0.2, 0.25) is 0 Å². The summed E-state index contributed by atoms with van der Waals surface area (Å²) in [5, 5.41) is 10.4. The Morgan fingerprint density at radius 2 is 1.88 bits per heavy atom. The average Bonchev–Trinajstić information content (AvgIpc) is 2.28. The van der Waals surface area contributed by atoms with E-state index < -0.39 is 5.91 Å². The van der Waals surface area contributed by atoms with Crippen molar-refractivity contribution in [3.05, 3.63) is 35.9 Å². The molecule has 1 aromatic carbocycles. The van der Waals surface area contributed by atoms with Crippen LogP contribution < -0.4 is 5.32 Å². The molecule has 0 heterocycles. The van der Waals surface area contributed by atoms with Crippen molar-refractivity contribution >= 4 is 11.8 Å². The van der Waals surface area contributed by atoms with Crippen molar-refractivity contribution in [1.82, 2.24) is 5.32 Å². The molecule has 1 rings (SSSR count). The lowest BCUT2D eigenvalue weighted by molar-refractivity contribution is -0.129. The molecule has 16 heavy (non-hydrogen) atoms. The van der Waals surface area contributed by atoms with Crippen molar-refractivity contribution in [3.63, 3.8) is 0 Å². The molecule has 82 valence electrons. The van der Waals surface area contributed by atoms with E-state index in [0.717, 1.165) is 5.56 Å². The molecule has 0 saturated heterocycles. The molecule has 4 heteroatoms. The number of hydrogen-bond donors (Lipinski definition) is 1. The molecule has 0 aliphatic carbocycles. The summed E-state index contributed by atoms with van der Waals surface area (Å²) in [6.45, 7) is 0. The molecule has 0 bridgehead atoms. The number of nitrogens with one attached hydrogen (secondary N) is 1. The summed E-state index contributed by atoms with van der Waals surface area (Å²) in [4.78, 5) is 22.2. The van der Waals surface area contributed by atoms with Crippen molar-refractivity contribution in [1.29, 1.82) is 5.26 Å². The lowest BCUT2D eigenvalue weighted by atomic mass is 10.1. The highest BCUT2D eigenvalue weighted by molar-refractivity contribution is 5.95. The molecule has 1 N–H and O–H groups in total. The molecule has 0 spiro atoms. The monoisotopic (exact) mass is 216 g/mol. The molecule has 1 aromatic rings. The van der Waals surface area contributed by atoms with Crippen molar-refractivity contribution < 1.29 is 9.59 Å². The quantitative estimate of drug-likeness (QED) is 0.821. The highest BCUT2D eigenvalue weighted by Gasteiger charge is 2.06. The van der Waals surface area contributed by atoms with Crippen LogP contribution in [0.3, 0.4) is 0 Å². The van der Waals surface area contributed by atoms with Gasteiger partial charge in [-0.1, -0.05) is 30.3 Å². The van der Waals surface area contributed by atoms with Crippen LogP contribution in [0.5, 0.6) is 0 Å². The second kappa shape index (κ2) is 6.36. The predicted octanol–water partition coefficient (Wildman–Crippen LogP) is 1.18. The Labute approximate surface area is 93.9 Å². The Bertz CT molecular complexity index is 407. The summed E-state index contributed by atoms with van der Waals surface area (Å²) < 4.78 is 0. The van der Waals surface area contributed by atoms with Gasteiger partial charge in [0.2, 0.25) is 11.8 Å². The standard InChI is InChI=1S/C12H12N2O2/c13-9-8-12(16)14-11(15)7-6-10-4-2-1-3-5-10/h1-5H,6-8H2,(H,14,15,16). The van der Waals surface area contributed by atoms with Crippen LogP contribution in [-0.2, 0) is 16.0 Å². The maximum atomic E-state index is 11.3. The molecule has 0 saturated carbocycles. The molecule has 4 nitrogen and oxygen atoms in total. The van der Waals surface area contributed by atoms with Crippen molar-refractivity contribution in [3.8, 4) is 6.07 Å². The number of carbonyl (C=O) groups excluding carboxylic acids is 2. The molecule has 0 atom stereocenters. The molecule has 0 aliphatic rings. The maximum Gasteiger partial charge on any atom is 0.240 e. The minimum absolute atomic E-state index is 0.251. The fourth-order valence-corrected chi connectivity index (χ4v) is 1.24. The van der Waals surface area contributed by atoms with E-state index in [1.807, 2.05) is 30.3 Å². The average molecular weight is 216 g/mol. The van der Waals surface area contributed by atoms with E-state index >= 15 is 0 Å². The number of rotatable bonds is 4. The number of amides is 2. The molecule has 2 amide bonds. The van der Waals surface area contributed by atoms with Crippen LogP contribution in [0.25, 0.3) is 0 Å². The molecule has 0 unspecified atom stereocenters. The number of hydrogen-bond acceptors (Lipinski definition) is 3. The van der Waals surface area contributed by atoms with Gasteiger partial charge in [0.05, 0.1) is 6.07 Å². The summed E-state index contributed by atoms with van der Waals surface area (Å²) in [5.41, 5.74) is 1.05. The van der Waals surface area contributed by atoms with Gasteiger partial charge in [-0.3, -0.25) is 14.9 Å². The Hall–Kier alpha value is -2.15. The molecular weight excluding hydrogens is 204 g/mol. The number of nitriles is 1. The minimum atomic E-state index is -0.541.